The number of piperazine rings is 1. The topological polar surface area (TPSA) is 34.1 Å². The number of guanidine groups is 1. The van der Waals surface area contributed by atoms with Gasteiger partial charge in [-0.05, 0) is 43.9 Å². The maximum atomic E-state index is 4.91. The number of nitrogens with zero attached hydrogens (tertiary/aromatic N) is 4. The lowest BCUT2D eigenvalue weighted by atomic mass is 10.0. The van der Waals surface area contributed by atoms with Crippen LogP contribution in [0.3, 0.4) is 0 Å². The highest BCUT2D eigenvalue weighted by atomic mass is 15.3. The van der Waals surface area contributed by atoms with E-state index in [2.05, 4.69) is 65.2 Å². The average molecular weight is 372 g/mol. The fourth-order valence-electron chi connectivity index (χ4n) is 3.99. The summed E-state index contributed by atoms with van der Waals surface area (Å²) < 4.78 is 0. The number of aliphatic imine (C=N–C) groups is 1. The quantitative estimate of drug-likeness (QED) is 0.637. The second-order valence-corrected chi connectivity index (χ2v) is 8.26. The SMILES string of the molecule is CCNC(=NCc1ccc(CN2CCN(C)CC2)cc1)N1CCCC(C)C1. The molecular formula is C22H37N5. The fourth-order valence-corrected chi connectivity index (χ4v) is 3.99. The summed E-state index contributed by atoms with van der Waals surface area (Å²) in [5, 5.41) is 3.48. The van der Waals surface area contributed by atoms with E-state index in [-0.39, 0.29) is 0 Å². The van der Waals surface area contributed by atoms with Gasteiger partial charge in [0, 0.05) is 52.4 Å². The highest BCUT2D eigenvalue weighted by Crippen LogP contribution is 2.16. The van der Waals surface area contributed by atoms with Gasteiger partial charge in [-0.3, -0.25) is 4.90 Å². The summed E-state index contributed by atoms with van der Waals surface area (Å²) in [6.45, 7) is 14.2. The molecule has 0 bridgehead atoms. The molecule has 5 heteroatoms. The smallest absolute Gasteiger partial charge is 0.194 e. The van der Waals surface area contributed by atoms with Gasteiger partial charge in [-0.2, -0.15) is 0 Å². The number of hydrogen-bond donors (Lipinski definition) is 1. The van der Waals surface area contributed by atoms with Gasteiger partial charge in [-0.15, -0.1) is 0 Å². The average Bonchev–Trinajstić information content (AvgIpc) is 2.68. The van der Waals surface area contributed by atoms with Crippen molar-refractivity contribution < 1.29 is 0 Å². The molecule has 0 radical (unpaired) electrons. The molecule has 1 atom stereocenters. The first kappa shape index (κ1) is 20.2. The van der Waals surface area contributed by atoms with Gasteiger partial charge in [0.25, 0.3) is 0 Å². The van der Waals surface area contributed by atoms with Gasteiger partial charge in [-0.1, -0.05) is 31.2 Å². The summed E-state index contributed by atoms with van der Waals surface area (Å²) in [5.74, 6) is 1.84. The van der Waals surface area contributed by atoms with Gasteiger partial charge >= 0.3 is 0 Å². The molecule has 2 fully saturated rings. The molecule has 2 aliphatic heterocycles. The molecule has 1 aromatic rings. The zero-order valence-corrected chi connectivity index (χ0v) is 17.5. The number of rotatable bonds is 5. The summed E-state index contributed by atoms with van der Waals surface area (Å²) >= 11 is 0. The Morgan fingerprint density at radius 1 is 1.07 bits per heavy atom. The van der Waals surface area contributed by atoms with Crippen molar-refractivity contribution in [1.29, 1.82) is 0 Å². The minimum atomic E-state index is 0.752. The molecule has 2 saturated heterocycles. The monoisotopic (exact) mass is 371 g/mol. The normalized spacial score (nSPS) is 22.9. The van der Waals surface area contributed by atoms with E-state index in [0.29, 0.717) is 0 Å². The van der Waals surface area contributed by atoms with E-state index < -0.39 is 0 Å². The molecule has 0 aliphatic carbocycles. The predicted molar refractivity (Wildman–Crippen MR) is 114 cm³/mol. The highest BCUT2D eigenvalue weighted by molar-refractivity contribution is 5.80. The van der Waals surface area contributed by atoms with Crippen LogP contribution in [0, 0.1) is 5.92 Å². The minimum Gasteiger partial charge on any atom is -0.357 e. The highest BCUT2D eigenvalue weighted by Gasteiger charge is 2.19. The molecule has 0 spiro atoms. The number of hydrogen-bond acceptors (Lipinski definition) is 3. The van der Waals surface area contributed by atoms with E-state index in [1.165, 1.54) is 50.1 Å². The Hall–Kier alpha value is -1.59. The number of likely N-dealkylation sites (N-methyl/N-ethyl adjacent to an activating group) is 1. The zero-order chi connectivity index (χ0) is 19.1. The lowest BCUT2D eigenvalue weighted by Crippen LogP contribution is -2.46. The van der Waals surface area contributed by atoms with Crippen molar-refractivity contribution in [2.45, 2.75) is 39.8 Å². The van der Waals surface area contributed by atoms with E-state index >= 15 is 0 Å². The van der Waals surface area contributed by atoms with Crippen LogP contribution in [0.25, 0.3) is 0 Å². The van der Waals surface area contributed by atoms with E-state index in [4.69, 9.17) is 4.99 Å². The van der Waals surface area contributed by atoms with Crippen molar-refractivity contribution in [1.82, 2.24) is 20.0 Å². The third-order valence-electron chi connectivity index (χ3n) is 5.73. The first-order valence-corrected chi connectivity index (χ1v) is 10.7. The first-order valence-electron chi connectivity index (χ1n) is 10.7. The second kappa shape index (κ2) is 10.1. The standard InChI is InChI=1S/C22H37N5/c1-4-23-22(27-11-5-6-19(2)17-27)24-16-20-7-9-21(10-8-20)18-26-14-12-25(3)13-15-26/h7-10,19H,4-6,11-18H2,1-3H3,(H,23,24). The molecule has 0 amide bonds. The van der Waals surface area contributed by atoms with Crippen LogP contribution < -0.4 is 5.32 Å². The predicted octanol–water partition coefficient (Wildman–Crippen LogP) is 2.63. The molecular weight excluding hydrogens is 334 g/mol. The zero-order valence-electron chi connectivity index (χ0n) is 17.5. The largest absolute Gasteiger partial charge is 0.357 e. The van der Waals surface area contributed by atoms with Crippen LogP contribution in [-0.4, -0.2) is 73.5 Å². The summed E-state index contributed by atoms with van der Waals surface area (Å²) in [7, 11) is 2.21. The molecule has 0 saturated carbocycles. The first-order chi connectivity index (χ1) is 13.1. The van der Waals surface area contributed by atoms with E-state index in [1.54, 1.807) is 0 Å². The molecule has 1 N–H and O–H groups in total. The third-order valence-corrected chi connectivity index (χ3v) is 5.73. The third kappa shape index (κ3) is 6.22. The minimum absolute atomic E-state index is 0.752. The summed E-state index contributed by atoms with van der Waals surface area (Å²) in [6, 6.07) is 9.05. The fraction of sp³-hybridized carbons (Fsp3) is 0.682. The summed E-state index contributed by atoms with van der Waals surface area (Å²) in [4.78, 5) is 12.3. The maximum absolute atomic E-state index is 4.91. The lowest BCUT2D eigenvalue weighted by Gasteiger charge is -2.33. The molecule has 2 aliphatic rings. The lowest BCUT2D eigenvalue weighted by molar-refractivity contribution is 0.148. The van der Waals surface area contributed by atoms with Crippen molar-refractivity contribution in [3.63, 3.8) is 0 Å². The van der Waals surface area contributed by atoms with Gasteiger partial charge in [0.1, 0.15) is 0 Å². The number of nitrogens with one attached hydrogen (secondary N) is 1. The van der Waals surface area contributed by atoms with Gasteiger partial charge in [0.05, 0.1) is 6.54 Å². The van der Waals surface area contributed by atoms with Gasteiger partial charge in [0.15, 0.2) is 5.96 Å². The van der Waals surface area contributed by atoms with Gasteiger partial charge in [0.2, 0.25) is 0 Å². The van der Waals surface area contributed by atoms with Crippen LogP contribution in [0.5, 0.6) is 0 Å². The number of likely N-dealkylation sites (tertiary alicyclic amines) is 1. The Morgan fingerprint density at radius 3 is 2.44 bits per heavy atom. The van der Waals surface area contributed by atoms with Gasteiger partial charge < -0.3 is 15.1 Å². The van der Waals surface area contributed by atoms with Crippen LogP contribution >= 0.6 is 0 Å². The second-order valence-electron chi connectivity index (χ2n) is 8.26. The van der Waals surface area contributed by atoms with Crippen molar-refractivity contribution in [2.24, 2.45) is 10.9 Å². The van der Waals surface area contributed by atoms with E-state index in [0.717, 1.165) is 44.6 Å². The maximum Gasteiger partial charge on any atom is 0.194 e. The Balaban J connectivity index is 1.55. The summed E-state index contributed by atoms with van der Waals surface area (Å²) in [6.07, 6.45) is 2.61. The van der Waals surface area contributed by atoms with Crippen molar-refractivity contribution in [3.05, 3.63) is 35.4 Å². The molecule has 150 valence electrons. The van der Waals surface area contributed by atoms with Crippen LogP contribution in [0.1, 0.15) is 37.8 Å². The Morgan fingerprint density at radius 2 is 1.78 bits per heavy atom. The molecule has 27 heavy (non-hydrogen) atoms. The Labute approximate surface area is 165 Å². The van der Waals surface area contributed by atoms with Crippen molar-refractivity contribution in [2.75, 3.05) is 52.9 Å². The Kier molecular flexibility index (Phi) is 7.53. The molecule has 0 aromatic heterocycles. The Bertz CT molecular complexity index is 589. The number of benzene rings is 1. The molecule has 2 heterocycles. The van der Waals surface area contributed by atoms with Gasteiger partial charge in [-0.25, -0.2) is 4.99 Å². The number of piperidine rings is 1. The van der Waals surface area contributed by atoms with Crippen LogP contribution in [0.4, 0.5) is 0 Å². The van der Waals surface area contributed by atoms with Crippen LogP contribution in [0.2, 0.25) is 0 Å². The molecule has 3 rings (SSSR count). The molecule has 1 aromatic carbocycles. The van der Waals surface area contributed by atoms with E-state index in [1.807, 2.05) is 0 Å². The molecule has 5 nitrogen and oxygen atoms in total. The summed E-state index contributed by atoms with van der Waals surface area (Å²) in [5.41, 5.74) is 2.70. The van der Waals surface area contributed by atoms with E-state index in [9.17, 15) is 0 Å². The molecule has 1 unspecified atom stereocenters. The van der Waals surface area contributed by atoms with Crippen molar-refractivity contribution in [3.8, 4) is 0 Å². The van der Waals surface area contributed by atoms with Crippen molar-refractivity contribution >= 4 is 5.96 Å². The van der Waals surface area contributed by atoms with Crippen LogP contribution in [0.15, 0.2) is 29.3 Å². The van der Waals surface area contributed by atoms with Crippen LogP contribution in [-0.2, 0) is 13.1 Å².